The number of rotatable bonds is 11. The lowest BCUT2D eigenvalue weighted by atomic mass is 10.1. The zero-order valence-electron chi connectivity index (χ0n) is 14.5. The minimum absolute atomic E-state index is 0.316. The van der Waals surface area contributed by atoms with Crippen LogP contribution in [0.5, 0.6) is 0 Å². The van der Waals surface area contributed by atoms with Gasteiger partial charge in [0.05, 0.1) is 0 Å². The van der Waals surface area contributed by atoms with Gasteiger partial charge in [0, 0.05) is 17.3 Å². The first-order chi connectivity index (χ1) is 12.2. The maximum atomic E-state index is 12.3. The average molecular weight is 386 g/mol. The lowest BCUT2D eigenvalue weighted by Gasteiger charge is -2.29. The topological polar surface area (TPSA) is 133 Å². The highest BCUT2D eigenvalue weighted by Crippen LogP contribution is 2.20. The first-order valence-electron chi connectivity index (χ1n) is 8.22. The summed E-state index contributed by atoms with van der Waals surface area (Å²) >= 11 is 5.84. The molecule has 0 fully saturated rings. The lowest BCUT2D eigenvalue weighted by molar-refractivity contribution is -0.139. The summed E-state index contributed by atoms with van der Waals surface area (Å²) in [4.78, 5) is 35.5. The van der Waals surface area contributed by atoms with Crippen molar-refractivity contribution in [2.75, 3.05) is 18.0 Å². The highest BCUT2D eigenvalue weighted by Gasteiger charge is 2.23. The van der Waals surface area contributed by atoms with E-state index in [-0.39, 0.29) is 12.5 Å². The van der Waals surface area contributed by atoms with Gasteiger partial charge >= 0.3 is 11.9 Å². The Balaban J connectivity index is 2.57. The van der Waals surface area contributed by atoms with Gasteiger partial charge in [-0.05, 0) is 50.5 Å². The van der Waals surface area contributed by atoms with Gasteiger partial charge in [-0.1, -0.05) is 11.6 Å². The number of nitrogens with one attached hydrogen (secondary N) is 1. The van der Waals surface area contributed by atoms with Gasteiger partial charge < -0.3 is 26.2 Å². The van der Waals surface area contributed by atoms with Gasteiger partial charge in [-0.25, -0.2) is 0 Å². The van der Waals surface area contributed by atoms with Gasteiger partial charge in [-0.2, -0.15) is 0 Å². The predicted molar refractivity (Wildman–Crippen MR) is 98.4 cm³/mol. The van der Waals surface area contributed by atoms with Crippen LogP contribution < -0.4 is 16.0 Å². The van der Waals surface area contributed by atoms with Crippen LogP contribution in [-0.4, -0.2) is 53.2 Å². The first kappa shape index (κ1) is 21.7. The summed E-state index contributed by atoms with van der Waals surface area (Å²) < 4.78 is 0. The standard InChI is InChI=1S/C17H24ClN3O5/c1-11(16(24)20-9-3-2-4-14(19)17(25)26)21(10-15(22)23)13-7-5-12(18)6-8-13/h5-8,11,14H,2-4,9-10,19H2,1H3,(H,20,24)(H,22,23)(H,25,26)/t11-,14+/m1/s1. The SMILES string of the molecule is C[C@H](C(=O)NCCCC[C@H](N)C(=O)O)N(CC(=O)O)c1ccc(Cl)cc1. The molecule has 0 heterocycles. The molecule has 0 unspecified atom stereocenters. The van der Waals surface area contributed by atoms with Crippen LogP contribution in [0.15, 0.2) is 24.3 Å². The number of nitrogens with two attached hydrogens (primary N) is 1. The average Bonchev–Trinajstić information content (AvgIpc) is 2.59. The van der Waals surface area contributed by atoms with E-state index >= 15 is 0 Å². The van der Waals surface area contributed by atoms with Gasteiger partial charge in [-0.3, -0.25) is 14.4 Å². The van der Waals surface area contributed by atoms with Gasteiger partial charge in [0.1, 0.15) is 18.6 Å². The van der Waals surface area contributed by atoms with Crippen molar-refractivity contribution >= 4 is 35.1 Å². The van der Waals surface area contributed by atoms with E-state index in [0.29, 0.717) is 36.5 Å². The van der Waals surface area contributed by atoms with E-state index < -0.39 is 24.0 Å². The Hall–Kier alpha value is -2.32. The number of nitrogens with zero attached hydrogens (tertiary/aromatic N) is 1. The van der Waals surface area contributed by atoms with Crippen LogP contribution in [0.1, 0.15) is 26.2 Å². The molecule has 1 rings (SSSR count). The molecule has 0 saturated heterocycles. The smallest absolute Gasteiger partial charge is 0.323 e. The molecule has 0 aromatic heterocycles. The van der Waals surface area contributed by atoms with Crippen molar-refractivity contribution in [3.8, 4) is 0 Å². The highest BCUT2D eigenvalue weighted by atomic mass is 35.5. The predicted octanol–water partition coefficient (Wildman–Crippen LogP) is 1.32. The number of aliphatic carboxylic acids is 2. The molecule has 0 bridgehead atoms. The van der Waals surface area contributed by atoms with E-state index in [1.165, 1.54) is 4.90 Å². The molecule has 1 aromatic rings. The van der Waals surface area contributed by atoms with Crippen molar-refractivity contribution in [3.63, 3.8) is 0 Å². The summed E-state index contributed by atoms with van der Waals surface area (Å²) in [5, 5.41) is 21.1. The molecular formula is C17H24ClN3O5. The van der Waals surface area contributed by atoms with Gasteiger partial charge in [0.25, 0.3) is 0 Å². The van der Waals surface area contributed by atoms with Gasteiger partial charge in [0.2, 0.25) is 5.91 Å². The number of carboxylic acid groups (broad SMARTS) is 2. The minimum Gasteiger partial charge on any atom is -0.480 e. The molecule has 0 radical (unpaired) electrons. The van der Waals surface area contributed by atoms with Crippen LogP contribution in [0.25, 0.3) is 0 Å². The van der Waals surface area contributed by atoms with Crippen molar-refractivity contribution in [3.05, 3.63) is 29.3 Å². The Morgan fingerprint density at radius 3 is 2.35 bits per heavy atom. The molecular weight excluding hydrogens is 362 g/mol. The van der Waals surface area contributed by atoms with Crippen LogP contribution in [0.3, 0.4) is 0 Å². The number of carbonyl (C=O) groups is 3. The third-order valence-electron chi connectivity index (χ3n) is 3.87. The van der Waals surface area contributed by atoms with Crippen LogP contribution in [0.4, 0.5) is 5.69 Å². The fourth-order valence-electron chi connectivity index (χ4n) is 2.34. The van der Waals surface area contributed by atoms with Crippen LogP contribution in [-0.2, 0) is 14.4 Å². The maximum absolute atomic E-state index is 12.3. The van der Waals surface area contributed by atoms with Crippen molar-refractivity contribution in [1.29, 1.82) is 0 Å². The largest absolute Gasteiger partial charge is 0.480 e. The first-order valence-corrected chi connectivity index (χ1v) is 8.60. The second-order valence-corrected chi connectivity index (χ2v) is 6.34. The highest BCUT2D eigenvalue weighted by molar-refractivity contribution is 6.30. The van der Waals surface area contributed by atoms with E-state index in [2.05, 4.69) is 5.32 Å². The number of halogens is 1. The monoisotopic (exact) mass is 385 g/mol. The molecule has 1 amide bonds. The molecule has 0 aliphatic carbocycles. The second kappa shape index (κ2) is 10.6. The molecule has 0 saturated carbocycles. The zero-order chi connectivity index (χ0) is 19.7. The maximum Gasteiger partial charge on any atom is 0.323 e. The van der Waals surface area contributed by atoms with Crippen molar-refractivity contribution < 1.29 is 24.6 Å². The normalized spacial score (nSPS) is 12.9. The Labute approximate surface area is 156 Å². The van der Waals surface area contributed by atoms with Crippen molar-refractivity contribution in [2.45, 2.75) is 38.3 Å². The van der Waals surface area contributed by atoms with Crippen molar-refractivity contribution in [1.82, 2.24) is 5.32 Å². The van der Waals surface area contributed by atoms with E-state index in [1.807, 2.05) is 0 Å². The summed E-state index contributed by atoms with van der Waals surface area (Å²) in [5.74, 6) is -2.42. The molecule has 0 aliphatic rings. The number of benzene rings is 1. The fraction of sp³-hybridized carbons (Fsp3) is 0.471. The van der Waals surface area contributed by atoms with E-state index in [0.717, 1.165) is 0 Å². The quantitative estimate of drug-likeness (QED) is 0.422. The lowest BCUT2D eigenvalue weighted by Crippen LogP contribution is -2.47. The summed E-state index contributed by atoms with van der Waals surface area (Å²) in [6.45, 7) is 1.65. The molecule has 2 atom stereocenters. The van der Waals surface area contributed by atoms with Crippen LogP contribution >= 0.6 is 11.6 Å². The molecule has 26 heavy (non-hydrogen) atoms. The summed E-state index contributed by atoms with van der Waals surface area (Å²) in [7, 11) is 0. The molecule has 0 aliphatic heterocycles. The zero-order valence-corrected chi connectivity index (χ0v) is 15.3. The number of hydrogen-bond donors (Lipinski definition) is 4. The third kappa shape index (κ3) is 7.28. The third-order valence-corrected chi connectivity index (χ3v) is 4.12. The Kier molecular flexibility index (Phi) is 8.87. The van der Waals surface area contributed by atoms with E-state index in [9.17, 15) is 14.4 Å². The minimum atomic E-state index is -1.05. The van der Waals surface area contributed by atoms with E-state index in [1.54, 1.807) is 31.2 Å². The molecule has 144 valence electrons. The molecule has 0 spiro atoms. The number of amides is 1. The van der Waals surface area contributed by atoms with E-state index in [4.69, 9.17) is 27.5 Å². The molecule has 9 heteroatoms. The fourth-order valence-corrected chi connectivity index (χ4v) is 2.47. The number of carbonyl (C=O) groups excluding carboxylic acids is 1. The number of anilines is 1. The summed E-state index contributed by atoms with van der Waals surface area (Å²) in [6.07, 6.45) is 1.48. The second-order valence-electron chi connectivity index (χ2n) is 5.91. The number of carboxylic acids is 2. The molecule has 5 N–H and O–H groups in total. The van der Waals surface area contributed by atoms with Gasteiger partial charge in [0.15, 0.2) is 0 Å². The van der Waals surface area contributed by atoms with Crippen LogP contribution in [0.2, 0.25) is 5.02 Å². The number of hydrogen-bond acceptors (Lipinski definition) is 5. The molecule has 8 nitrogen and oxygen atoms in total. The Morgan fingerprint density at radius 2 is 1.81 bits per heavy atom. The Bertz CT molecular complexity index is 623. The summed E-state index contributed by atoms with van der Waals surface area (Å²) in [6, 6.07) is 4.96. The van der Waals surface area contributed by atoms with Crippen molar-refractivity contribution in [2.24, 2.45) is 5.73 Å². The van der Waals surface area contributed by atoms with Crippen LogP contribution in [0, 0.1) is 0 Å². The number of unbranched alkanes of at least 4 members (excludes halogenated alkanes) is 1. The summed E-state index contributed by atoms with van der Waals surface area (Å²) in [5.41, 5.74) is 5.99. The molecule has 1 aromatic carbocycles. The van der Waals surface area contributed by atoms with Gasteiger partial charge in [-0.15, -0.1) is 0 Å². The Morgan fingerprint density at radius 1 is 1.19 bits per heavy atom.